The Hall–Kier alpha value is -1.75. The molecule has 0 aliphatic carbocycles. The Bertz CT molecular complexity index is 405. The third kappa shape index (κ3) is 2.85. The van der Waals surface area contributed by atoms with Crippen LogP contribution in [-0.2, 0) is 9.59 Å². The molecule has 1 amide bonds. The standard InChI is InChI=1S/C9H8ClNO4/c1-15-7-3-2-5(4-6(7)10)11-8(12)9(13)14/h2-4H,1H3,(H,11,12)(H,13,14). The Morgan fingerprint density at radius 2 is 2.13 bits per heavy atom. The minimum absolute atomic E-state index is 0.292. The fourth-order valence-corrected chi connectivity index (χ4v) is 1.19. The van der Waals surface area contributed by atoms with E-state index in [1.165, 1.54) is 25.3 Å². The van der Waals surface area contributed by atoms with E-state index in [2.05, 4.69) is 5.32 Å². The summed E-state index contributed by atoms with van der Waals surface area (Å²) in [6.07, 6.45) is 0. The molecule has 0 aliphatic rings. The highest BCUT2D eigenvalue weighted by molar-refractivity contribution is 6.37. The molecule has 0 aromatic heterocycles. The Kier molecular flexibility index (Phi) is 3.51. The molecule has 0 spiro atoms. The second kappa shape index (κ2) is 4.65. The van der Waals surface area contributed by atoms with E-state index < -0.39 is 11.9 Å². The number of nitrogens with one attached hydrogen (secondary N) is 1. The quantitative estimate of drug-likeness (QED) is 0.751. The van der Waals surface area contributed by atoms with E-state index in [1.807, 2.05) is 0 Å². The minimum Gasteiger partial charge on any atom is -0.495 e. The molecule has 1 aromatic rings. The molecule has 6 heteroatoms. The molecule has 0 heterocycles. The zero-order valence-corrected chi connectivity index (χ0v) is 8.54. The number of halogens is 1. The lowest BCUT2D eigenvalue weighted by molar-refractivity contribution is -0.147. The van der Waals surface area contributed by atoms with Crippen molar-refractivity contribution in [3.63, 3.8) is 0 Å². The van der Waals surface area contributed by atoms with Crippen LogP contribution in [0.25, 0.3) is 0 Å². The summed E-state index contributed by atoms with van der Waals surface area (Å²) < 4.78 is 4.89. The average molecular weight is 230 g/mol. The normalized spacial score (nSPS) is 9.47. The SMILES string of the molecule is COc1ccc(NC(=O)C(=O)O)cc1Cl. The van der Waals surface area contributed by atoms with Gasteiger partial charge in [0.2, 0.25) is 0 Å². The van der Waals surface area contributed by atoms with Gasteiger partial charge in [0.15, 0.2) is 0 Å². The summed E-state index contributed by atoms with van der Waals surface area (Å²) in [5.41, 5.74) is 0.299. The lowest BCUT2D eigenvalue weighted by Gasteiger charge is -2.05. The molecule has 1 aromatic carbocycles. The first-order valence-electron chi connectivity index (χ1n) is 3.92. The van der Waals surface area contributed by atoms with Gasteiger partial charge in [0, 0.05) is 5.69 Å². The number of anilines is 1. The second-order valence-electron chi connectivity index (χ2n) is 2.61. The van der Waals surface area contributed by atoms with Crippen molar-refractivity contribution in [1.29, 1.82) is 0 Å². The molecule has 5 nitrogen and oxygen atoms in total. The maximum Gasteiger partial charge on any atom is 0.394 e. The van der Waals surface area contributed by atoms with Crippen molar-refractivity contribution in [2.45, 2.75) is 0 Å². The lowest BCUT2D eigenvalue weighted by atomic mass is 10.3. The highest BCUT2D eigenvalue weighted by atomic mass is 35.5. The number of carboxylic acids is 1. The number of carbonyl (C=O) groups excluding carboxylic acids is 1. The number of aliphatic carboxylic acids is 1. The molecule has 1 rings (SSSR count). The molecular formula is C9H8ClNO4. The van der Waals surface area contributed by atoms with Gasteiger partial charge >= 0.3 is 11.9 Å². The summed E-state index contributed by atoms with van der Waals surface area (Å²) >= 11 is 5.77. The van der Waals surface area contributed by atoms with Crippen LogP contribution in [0.4, 0.5) is 5.69 Å². The number of rotatable bonds is 2. The van der Waals surface area contributed by atoms with Crippen molar-refractivity contribution in [2.75, 3.05) is 12.4 Å². The fourth-order valence-electron chi connectivity index (χ4n) is 0.929. The van der Waals surface area contributed by atoms with Gasteiger partial charge < -0.3 is 15.2 Å². The van der Waals surface area contributed by atoms with E-state index >= 15 is 0 Å². The van der Waals surface area contributed by atoms with Crippen LogP contribution in [0, 0.1) is 0 Å². The van der Waals surface area contributed by atoms with E-state index in [0.29, 0.717) is 16.5 Å². The highest BCUT2D eigenvalue weighted by Gasteiger charge is 2.11. The monoisotopic (exact) mass is 229 g/mol. The van der Waals surface area contributed by atoms with Crippen molar-refractivity contribution < 1.29 is 19.4 Å². The van der Waals surface area contributed by atoms with E-state index in [-0.39, 0.29) is 0 Å². The zero-order valence-electron chi connectivity index (χ0n) is 7.78. The lowest BCUT2D eigenvalue weighted by Crippen LogP contribution is -2.21. The topological polar surface area (TPSA) is 75.6 Å². The summed E-state index contributed by atoms with van der Waals surface area (Å²) in [4.78, 5) is 21.0. The van der Waals surface area contributed by atoms with Gasteiger partial charge in [-0.15, -0.1) is 0 Å². The van der Waals surface area contributed by atoms with Gasteiger partial charge in [-0.2, -0.15) is 0 Å². The van der Waals surface area contributed by atoms with Crippen LogP contribution >= 0.6 is 11.6 Å². The van der Waals surface area contributed by atoms with E-state index in [9.17, 15) is 9.59 Å². The molecule has 0 fully saturated rings. The molecule has 0 atom stereocenters. The Labute approximate surface area is 90.6 Å². The first-order valence-corrected chi connectivity index (χ1v) is 4.30. The molecule has 2 N–H and O–H groups in total. The maximum absolute atomic E-state index is 10.8. The summed E-state index contributed by atoms with van der Waals surface area (Å²) in [7, 11) is 1.46. The van der Waals surface area contributed by atoms with Crippen LogP contribution in [0.15, 0.2) is 18.2 Å². The van der Waals surface area contributed by atoms with E-state index in [0.717, 1.165) is 0 Å². The number of benzene rings is 1. The van der Waals surface area contributed by atoms with E-state index in [4.69, 9.17) is 21.4 Å². The average Bonchev–Trinajstić information content (AvgIpc) is 2.18. The number of hydrogen-bond donors (Lipinski definition) is 2. The van der Waals surface area contributed by atoms with Crippen LogP contribution in [0.1, 0.15) is 0 Å². The Morgan fingerprint density at radius 1 is 1.47 bits per heavy atom. The molecule has 0 aliphatic heterocycles. The van der Waals surface area contributed by atoms with Crippen LogP contribution in [0.2, 0.25) is 5.02 Å². The maximum atomic E-state index is 10.8. The van der Waals surface area contributed by atoms with Gasteiger partial charge in [-0.3, -0.25) is 4.79 Å². The zero-order chi connectivity index (χ0) is 11.4. The number of carboxylic acid groups (broad SMARTS) is 1. The highest BCUT2D eigenvalue weighted by Crippen LogP contribution is 2.26. The van der Waals surface area contributed by atoms with Crippen LogP contribution in [0.5, 0.6) is 5.75 Å². The van der Waals surface area contributed by atoms with Crippen molar-refractivity contribution in [3.8, 4) is 5.75 Å². The summed E-state index contributed by atoms with van der Waals surface area (Å²) in [6.45, 7) is 0. The van der Waals surface area contributed by atoms with Crippen molar-refractivity contribution in [3.05, 3.63) is 23.2 Å². The second-order valence-corrected chi connectivity index (χ2v) is 3.02. The summed E-state index contributed by atoms with van der Waals surface area (Å²) in [5, 5.41) is 10.8. The molecule has 15 heavy (non-hydrogen) atoms. The molecule has 0 saturated carbocycles. The molecule has 0 bridgehead atoms. The first kappa shape index (κ1) is 11.3. The predicted molar refractivity (Wildman–Crippen MR) is 54.3 cm³/mol. The van der Waals surface area contributed by atoms with Crippen molar-refractivity contribution >= 4 is 29.2 Å². The molecular weight excluding hydrogens is 222 g/mol. The number of amides is 1. The molecule has 0 unspecified atom stereocenters. The van der Waals surface area contributed by atoms with Gasteiger partial charge in [-0.1, -0.05) is 11.6 Å². The minimum atomic E-state index is -1.55. The third-order valence-electron chi connectivity index (χ3n) is 1.60. The van der Waals surface area contributed by atoms with Gasteiger partial charge in [-0.25, -0.2) is 4.79 Å². The van der Waals surface area contributed by atoms with E-state index in [1.54, 1.807) is 0 Å². The fraction of sp³-hybridized carbons (Fsp3) is 0.111. The van der Waals surface area contributed by atoms with Gasteiger partial charge in [0.1, 0.15) is 5.75 Å². The number of carbonyl (C=O) groups is 2. The van der Waals surface area contributed by atoms with Gasteiger partial charge in [0.25, 0.3) is 0 Å². The van der Waals surface area contributed by atoms with Crippen LogP contribution < -0.4 is 10.1 Å². The Balaban J connectivity index is 2.84. The molecule has 80 valence electrons. The first-order chi connectivity index (χ1) is 7.04. The van der Waals surface area contributed by atoms with Gasteiger partial charge in [-0.05, 0) is 18.2 Å². The van der Waals surface area contributed by atoms with Crippen LogP contribution in [-0.4, -0.2) is 24.1 Å². The smallest absolute Gasteiger partial charge is 0.394 e. The number of hydrogen-bond acceptors (Lipinski definition) is 3. The largest absolute Gasteiger partial charge is 0.495 e. The van der Waals surface area contributed by atoms with Gasteiger partial charge in [0.05, 0.1) is 12.1 Å². The summed E-state index contributed by atoms with van der Waals surface area (Å²) in [6, 6.07) is 4.42. The predicted octanol–water partition coefficient (Wildman–Crippen LogP) is 1.37. The van der Waals surface area contributed by atoms with Crippen molar-refractivity contribution in [1.82, 2.24) is 0 Å². The number of ether oxygens (including phenoxy) is 1. The molecule has 0 saturated heterocycles. The van der Waals surface area contributed by atoms with Crippen molar-refractivity contribution in [2.24, 2.45) is 0 Å². The molecule has 0 radical (unpaired) electrons. The third-order valence-corrected chi connectivity index (χ3v) is 1.90. The van der Waals surface area contributed by atoms with Crippen LogP contribution in [0.3, 0.4) is 0 Å². The number of methoxy groups -OCH3 is 1. The Morgan fingerprint density at radius 3 is 2.60 bits per heavy atom. The summed E-state index contributed by atoms with van der Waals surface area (Å²) in [5.74, 6) is -2.22.